The highest BCUT2D eigenvalue weighted by atomic mass is 32.1. The first-order valence-corrected chi connectivity index (χ1v) is 11.7. The van der Waals surface area contributed by atoms with Crippen LogP contribution in [0.4, 0.5) is 5.69 Å². The summed E-state index contributed by atoms with van der Waals surface area (Å²) >= 11 is 1.53. The Labute approximate surface area is 192 Å². The van der Waals surface area contributed by atoms with Gasteiger partial charge < -0.3 is 10.1 Å². The van der Waals surface area contributed by atoms with Crippen molar-refractivity contribution in [1.82, 2.24) is 10.3 Å². The van der Waals surface area contributed by atoms with Gasteiger partial charge in [-0.2, -0.15) is 0 Å². The van der Waals surface area contributed by atoms with Crippen LogP contribution in [0, 0.1) is 6.92 Å². The number of carbonyl (C=O) groups is 2. The SMILES string of the molecule is Cc1ccc([C@H](C(=O)NC[C@@H]2CCCO2)N(C(=O)Cc2cccs2)c2cccnc2)cc1. The molecule has 7 heteroatoms. The van der Waals surface area contributed by atoms with Crippen LogP contribution in [0.2, 0.25) is 0 Å². The number of nitrogens with one attached hydrogen (secondary N) is 1. The van der Waals surface area contributed by atoms with Gasteiger partial charge in [0.25, 0.3) is 0 Å². The zero-order valence-electron chi connectivity index (χ0n) is 18.1. The van der Waals surface area contributed by atoms with Gasteiger partial charge in [-0.25, -0.2) is 0 Å². The fraction of sp³-hybridized carbons (Fsp3) is 0.320. The van der Waals surface area contributed by atoms with Crippen LogP contribution in [0.1, 0.15) is 34.9 Å². The van der Waals surface area contributed by atoms with Crippen molar-refractivity contribution in [3.8, 4) is 0 Å². The number of carbonyl (C=O) groups excluding carboxylic acids is 2. The molecule has 1 N–H and O–H groups in total. The molecule has 32 heavy (non-hydrogen) atoms. The number of aromatic nitrogens is 1. The van der Waals surface area contributed by atoms with Gasteiger partial charge in [-0.1, -0.05) is 35.9 Å². The molecule has 1 fully saturated rings. The lowest BCUT2D eigenvalue weighted by Gasteiger charge is -2.31. The molecule has 166 valence electrons. The van der Waals surface area contributed by atoms with Crippen LogP contribution in [0.15, 0.2) is 66.3 Å². The Bertz CT molecular complexity index is 1020. The van der Waals surface area contributed by atoms with E-state index in [0.717, 1.165) is 35.5 Å². The Morgan fingerprint density at radius 2 is 2.06 bits per heavy atom. The van der Waals surface area contributed by atoms with Crippen LogP contribution in [-0.2, 0) is 20.7 Å². The van der Waals surface area contributed by atoms with E-state index in [4.69, 9.17) is 4.74 Å². The molecule has 1 aromatic carbocycles. The predicted octanol–water partition coefficient (Wildman–Crippen LogP) is 4.06. The number of thiophene rings is 1. The first-order valence-electron chi connectivity index (χ1n) is 10.8. The minimum atomic E-state index is -0.811. The molecule has 0 saturated carbocycles. The monoisotopic (exact) mass is 449 g/mol. The number of hydrogen-bond acceptors (Lipinski definition) is 5. The summed E-state index contributed by atoms with van der Waals surface area (Å²) in [5.41, 5.74) is 2.43. The van der Waals surface area contributed by atoms with E-state index in [1.807, 2.05) is 54.8 Å². The van der Waals surface area contributed by atoms with Crippen LogP contribution >= 0.6 is 11.3 Å². The normalized spacial score (nSPS) is 16.5. The second-order valence-electron chi connectivity index (χ2n) is 7.92. The number of amides is 2. The van der Waals surface area contributed by atoms with E-state index in [1.165, 1.54) is 11.3 Å². The van der Waals surface area contributed by atoms with E-state index in [0.29, 0.717) is 12.2 Å². The van der Waals surface area contributed by atoms with Gasteiger partial charge in [-0.05, 0) is 48.9 Å². The molecular formula is C25H27N3O3S. The van der Waals surface area contributed by atoms with Gasteiger partial charge in [-0.15, -0.1) is 11.3 Å². The minimum Gasteiger partial charge on any atom is -0.376 e. The quantitative estimate of drug-likeness (QED) is 0.563. The van der Waals surface area contributed by atoms with Gasteiger partial charge in [0, 0.05) is 24.2 Å². The molecule has 0 aliphatic carbocycles. The number of rotatable bonds is 8. The Balaban J connectivity index is 1.68. The van der Waals surface area contributed by atoms with E-state index in [-0.39, 0.29) is 24.3 Å². The van der Waals surface area contributed by atoms with Crippen LogP contribution in [0.25, 0.3) is 0 Å². The Morgan fingerprint density at radius 3 is 2.72 bits per heavy atom. The second-order valence-corrected chi connectivity index (χ2v) is 8.96. The van der Waals surface area contributed by atoms with Crippen molar-refractivity contribution in [2.45, 2.75) is 38.3 Å². The van der Waals surface area contributed by atoms with Crippen molar-refractivity contribution < 1.29 is 14.3 Å². The number of nitrogens with zero attached hydrogens (tertiary/aromatic N) is 2. The Morgan fingerprint density at radius 1 is 1.22 bits per heavy atom. The smallest absolute Gasteiger partial charge is 0.247 e. The number of hydrogen-bond donors (Lipinski definition) is 1. The summed E-state index contributed by atoms with van der Waals surface area (Å²) in [7, 11) is 0. The summed E-state index contributed by atoms with van der Waals surface area (Å²) in [5, 5.41) is 4.97. The minimum absolute atomic E-state index is 0.0197. The van der Waals surface area contributed by atoms with Gasteiger partial charge in [0.2, 0.25) is 11.8 Å². The molecule has 0 unspecified atom stereocenters. The zero-order chi connectivity index (χ0) is 22.3. The highest BCUT2D eigenvalue weighted by Gasteiger charge is 2.33. The first-order chi connectivity index (χ1) is 15.6. The molecule has 3 aromatic rings. The molecule has 2 aromatic heterocycles. The molecule has 4 rings (SSSR count). The van der Waals surface area contributed by atoms with Crippen LogP contribution in [0.3, 0.4) is 0 Å². The third-order valence-corrected chi connectivity index (χ3v) is 6.40. The molecule has 2 atom stereocenters. The first kappa shape index (κ1) is 22.2. The number of aryl methyl sites for hydroxylation is 1. The van der Waals surface area contributed by atoms with Gasteiger partial charge in [0.15, 0.2) is 0 Å². The van der Waals surface area contributed by atoms with Crippen molar-refractivity contribution >= 4 is 28.8 Å². The topological polar surface area (TPSA) is 71.5 Å². The van der Waals surface area contributed by atoms with E-state index >= 15 is 0 Å². The predicted molar refractivity (Wildman–Crippen MR) is 126 cm³/mol. The van der Waals surface area contributed by atoms with Gasteiger partial charge in [-0.3, -0.25) is 19.5 Å². The van der Waals surface area contributed by atoms with Crippen molar-refractivity contribution in [2.75, 3.05) is 18.1 Å². The molecule has 6 nitrogen and oxygen atoms in total. The van der Waals surface area contributed by atoms with Gasteiger partial charge in [0.1, 0.15) is 6.04 Å². The largest absolute Gasteiger partial charge is 0.376 e. The summed E-state index contributed by atoms with van der Waals surface area (Å²) in [6.45, 7) is 3.15. The van der Waals surface area contributed by atoms with Crippen LogP contribution in [0.5, 0.6) is 0 Å². The Kier molecular flexibility index (Phi) is 7.29. The van der Waals surface area contributed by atoms with Crippen LogP contribution in [-0.4, -0.2) is 36.1 Å². The van der Waals surface area contributed by atoms with Crippen molar-refractivity contribution in [1.29, 1.82) is 0 Å². The zero-order valence-corrected chi connectivity index (χ0v) is 18.9. The standard InChI is InChI=1S/C25H27N3O3S/c1-18-8-10-19(11-9-18)24(25(30)27-17-21-6-3-13-31-21)28(20-5-2-12-26-16-20)23(29)15-22-7-4-14-32-22/h2,4-5,7-12,14,16,21,24H,3,6,13,15,17H2,1H3,(H,27,30)/t21-,24+/m0/s1. The van der Waals surface area contributed by atoms with Gasteiger partial charge in [0.05, 0.1) is 24.4 Å². The summed E-state index contributed by atoms with van der Waals surface area (Å²) in [4.78, 5) is 33.8. The number of benzene rings is 1. The number of ether oxygens (including phenoxy) is 1. The molecule has 3 heterocycles. The van der Waals surface area contributed by atoms with E-state index in [9.17, 15) is 9.59 Å². The van der Waals surface area contributed by atoms with E-state index in [2.05, 4.69) is 10.3 Å². The van der Waals surface area contributed by atoms with Crippen molar-refractivity contribution in [3.63, 3.8) is 0 Å². The number of pyridine rings is 1. The molecule has 2 amide bonds. The Hall–Kier alpha value is -3.03. The van der Waals surface area contributed by atoms with Gasteiger partial charge >= 0.3 is 0 Å². The lowest BCUT2D eigenvalue weighted by atomic mass is 10.0. The molecule has 1 saturated heterocycles. The molecule has 0 radical (unpaired) electrons. The maximum Gasteiger partial charge on any atom is 0.247 e. The summed E-state index contributed by atoms with van der Waals surface area (Å²) in [6.07, 6.45) is 5.45. The summed E-state index contributed by atoms with van der Waals surface area (Å²) < 4.78 is 5.66. The second kappa shape index (κ2) is 10.5. The van der Waals surface area contributed by atoms with E-state index < -0.39 is 6.04 Å². The van der Waals surface area contributed by atoms with Crippen LogP contribution < -0.4 is 10.2 Å². The molecular weight excluding hydrogens is 422 g/mol. The highest BCUT2D eigenvalue weighted by molar-refractivity contribution is 7.10. The average Bonchev–Trinajstić information content (AvgIpc) is 3.51. The summed E-state index contributed by atoms with van der Waals surface area (Å²) in [6, 6.07) is 14.4. The van der Waals surface area contributed by atoms with Crippen molar-refractivity contribution in [2.24, 2.45) is 0 Å². The third-order valence-electron chi connectivity index (χ3n) is 5.53. The lowest BCUT2D eigenvalue weighted by molar-refractivity contribution is -0.126. The van der Waals surface area contributed by atoms with E-state index in [1.54, 1.807) is 23.4 Å². The maximum absolute atomic E-state index is 13.6. The molecule has 1 aliphatic rings. The maximum atomic E-state index is 13.6. The average molecular weight is 450 g/mol. The fourth-order valence-corrected chi connectivity index (χ4v) is 4.56. The highest BCUT2D eigenvalue weighted by Crippen LogP contribution is 2.29. The third kappa shape index (κ3) is 5.41. The molecule has 0 spiro atoms. The molecule has 1 aliphatic heterocycles. The summed E-state index contributed by atoms with van der Waals surface area (Å²) in [5.74, 6) is -0.383. The molecule has 0 bridgehead atoms. The van der Waals surface area contributed by atoms with Crippen molar-refractivity contribution in [3.05, 3.63) is 82.3 Å². The fourth-order valence-electron chi connectivity index (χ4n) is 3.86. The number of anilines is 1. The lowest BCUT2D eigenvalue weighted by Crippen LogP contribution is -2.46.